The summed E-state index contributed by atoms with van der Waals surface area (Å²) < 4.78 is 0. The van der Waals surface area contributed by atoms with Gasteiger partial charge in [0.05, 0.1) is 0 Å². The largest absolute Gasteiger partial charge is 0.326 e. The fraction of sp³-hybridized carbons (Fsp3) is 0.320. The Kier molecular flexibility index (Phi) is 5.45. The number of aryl methyl sites for hydroxylation is 2. The number of benzene rings is 3. The van der Waals surface area contributed by atoms with Crippen LogP contribution in [0.2, 0.25) is 0 Å². The molecule has 4 rings (SSSR count). The third-order valence-electron chi connectivity index (χ3n) is 5.45. The zero-order chi connectivity index (χ0) is 19.5. The lowest BCUT2D eigenvalue weighted by molar-refractivity contribution is -0.116. The molecular formula is C25H28N2O. The van der Waals surface area contributed by atoms with Crippen LogP contribution < -0.4 is 5.32 Å². The second-order valence-electron chi connectivity index (χ2n) is 8.01. The van der Waals surface area contributed by atoms with Crippen molar-refractivity contribution in [2.24, 2.45) is 0 Å². The van der Waals surface area contributed by atoms with Crippen LogP contribution >= 0.6 is 0 Å². The molecule has 0 saturated heterocycles. The van der Waals surface area contributed by atoms with Gasteiger partial charge in [0.1, 0.15) is 0 Å². The quantitative estimate of drug-likeness (QED) is 0.598. The summed E-state index contributed by atoms with van der Waals surface area (Å²) in [6.45, 7) is 5.82. The van der Waals surface area contributed by atoms with Gasteiger partial charge in [0, 0.05) is 31.2 Å². The van der Waals surface area contributed by atoms with Crippen LogP contribution in [0.15, 0.2) is 60.7 Å². The first-order chi connectivity index (χ1) is 13.6. The Hall–Kier alpha value is -2.65. The minimum absolute atomic E-state index is 0.0913. The third-order valence-corrected chi connectivity index (χ3v) is 5.45. The number of hydrogen-bond acceptors (Lipinski definition) is 2. The lowest BCUT2D eigenvalue weighted by Crippen LogP contribution is -2.29. The summed E-state index contributed by atoms with van der Waals surface area (Å²) in [5, 5.41) is 5.66. The SMILES string of the molecule is Cc1cc(C)cc(NC(=O)CCN(Cc2cccc3ccccc23)C2CC2)c1. The van der Waals surface area contributed by atoms with Gasteiger partial charge in [0.2, 0.25) is 5.91 Å². The van der Waals surface area contributed by atoms with E-state index in [1.54, 1.807) is 0 Å². The molecule has 1 aliphatic rings. The van der Waals surface area contributed by atoms with Crippen molar-refractivity contribution in [1.82, 2.24) is 4.90 Å². The molecule has 0 heterocycles. The second kappa shape index (κ2) is 8.15. The van der Waals surface area contributed by atoms with E-state index in [1.807, 2.05) is 12.1 Å². The molecule has 0 radical (unpaired) electrons. The Morgan fingerprint density at radius 2 is 1.71 bits per heavy atom. The first-order valence-electron chi connectivity index (χ1n) is 10.2. The molecule has 28 heavy (non-hydrogen) atoms. The Morgan fingerprint density at radius 3 is 2.46 bits per heavy atom. The first-order valence-corrected chi connectivity index (χ1v) is 10.2. The van der Waals surface area contributed by atoms with Gasteiger partial charge in [-0.3, -0.25) is 9.69 Å². The van der Waals surface area contributed by atoms with Gasteiger partial charge in [-0.25, -0.2) is 0 Å². The lowest BCUT2D eigenvalue weighted by atomic mass is 10.0. The summed E-state index contributed by atoms with van der Waals surface area (Å²) in [6, 6.07) is 21.9. The van der Waals surface area contributed by atoms with E-state index in [0.717, 1.165) is 18.8 Å². The fourth-order valence-electron chi connectivity index (χ4n) is 4.00. The predicted octanol–water partition coefficient (Wildman–Crippen LogP) is 5.45. The fourth-order valence-corrected chi connectivity index (χ4v) is 4.00. The minimum atomic E-state index is 0.0913. The molecule has 0 aromatic heterocycles. The number of nitrogens with one attached hydrogen (secondary N) is 1. The highest BCUT2D eigenvalue weighted by atomic mass is 16.1. The topological polar surface area (TPSA) is 32.3 Å². The smallest absolute Gasteiger partial charge is 0.225 e. The molecule has 3 aromatic carbocycles. The van der Waals surface area contributed by atoms with Crippen LogP contribution in [0.3, 0.4) is 0 Å². The summed E-state index contributed by atoms with van der Waals surface area (Å²) in [7, 11) is 0. The Morgan fingerprint density at radius 1 is 1.00 bits per heavy atom. The summed E-state index contributed by atoms with van der Waals surface area (Å²) in [5.74, 6) is 0.0913. The molecule has 0 unspecified atom stereocenters. The number of fused-ring (bicyclic) bond motifs is 1. The van der Waals surface area contributed by atoms with Crippen LogP contribution in [0.1, 0.15) is 36.0 Å². The van der Waals surface area contributed by atoms with Crippen LogP contribution in [0.5, 0.6) is 0 Å². The number of hydrogen-bond donors (Lipinski definition) is 1. The van der Waals surface area contributed by atoms with Crippen LogP contribution in [0.25, 0.3) is 10.8 Å². The number of carbonyl (C=O) groups excluding carboxylic acids is 1. The molecule has 0 atom stereocenters. The summed E-state index contributed by atoms with van der Waals surface area (Å²) in [6.07, 6.45) is 3.00. The van der Waals surface area contributed by atoms with Gasteiger partial charge in [0.25, 0.3) is 0 Å². The van der Waals surface area contributed by atoms with Crippen molar-refractivity contribution < 1.29 is 4.79 Å². The van der Waals surface area contributed by atoms with Crippen molar-refractivity contribution in [2.75, 3.05) is 11.9 Å². The van der Waals surface area contributed by atoms with Crippen molar-refractivity contribution in [1.29, 1.82) is 0 Å². The monoisotopic (exact) mass is 372 g/mol. The maximum atomic E-state index is 12.5. The van der Waals surface area contributed by atoms with E-state index < -0.39 is 0 Å². The molecule has 3 heteroatoms. The van der Waals surface area contributed by atoms with E-state index in [-0.39, 0.29) is 5.91 Å². The second-order valence-corrected chi connectivity index (χ2v) is 8.01. The highest BCUT2D eigenvalue weighted by Gasteiger charge is 2.29. The van der Waals surface area contributed by atoms with Crippen LogP contribution in [-0.2, 0) is 11.3 Å². The average Bonchev–Trinajstić information content (AvgIpc) is 3.49. The zero-order valence-corrected chi connectivity index (χ0v) is 16.7. The summed E-state index contributed by atoms with van der Waals surface area (Å²) in [5.41, 5.74) is 4.59. The first kappa shape index (κ1) is 18.7. The molecule has 1 N–H and O–H groups in total. The van der Waals surface area contributed by atoms with Gasteiger partial charge >= 0.3 is 0 Å². The molecule has 1 aliphatic carbocycles. The van der Waals surface area contributed by atoms with E-state index >= 15 is 0 Å². The number of nitrogens with zero attached hydrogens (tertiary/aromatic N) is 1. The number of anilines is 1. The highest BCUT2D eigenvalue weighted by Crippen LogP contribution is 2.30. The summed E-state index contributed by atoms with van der Waals surface area (Å²) >= 11 is 0. The number of rotatable bonds is 7. The average molecular weight is 373 g/mol. The molecule has 144 valence electrons. The molecule has 0 spiro atoms. The summed E-state index contributed by atoms with van der Waals surface area (Å²) in [4.78, 5) is 15.0. The standard InChI is InChI=1S/C25H28N2O/c1-18-14-19(2)16-22(15-18)26-25(28)12-13-27(23-10-11-23)17-21-8-5-7-20-6-3-4-9-24(20)21/h3-9,14-16,23H,10-13,17H2,1-2H3,(H,26,28). The van der Waals surface area contributed by atoms with Gasteiger partial charge in [-0.1, -0.05) is 48.5 Å². The van der Waals surface area contributed by atoms with Crippen molar-refractivity contribution in [3.63, 3.8) is 0 Å². The molecule has 3 nitrogen and oxygen atoms in total. The van der Waals surface area contributed by atoms with Crippen molar-refractivity contribution in [3.05, 3.63) is 77.4 Å². The maximum Gasteiger partial charge on any atom is 0.225 e. The molecule has 3 aromatic rings. The van der Waals surface area contributed by atoms with Crippen LogP contribution in [0.4, 0.5) is 5.69 Å². The predicted molar refractivity (Wildman–Crippen MR) is 117 cm³/mol. The minimum Gasteiger partial charge on any atom is -0.326 e. The lowest BCUT2D eigenvalue weighted by Gasteiger charge is -2.22. The van der Waals surface area contributed by atoms with E-state index in [9.17, 15) is 4.79 Å². The maximum absolute atomic E-state index is 12.5. The number of amides is 1. The Bertz CT molecular complexity index is 965. The van der Waals surface area contributed by atoms with E-state index in [0.29, 0.717) is 12.5 Å². The molecule has 1 saturated carbocycles. The normalized spacial score (nSPS) is 13.8. The Balaban J connectivity index is 1.41. The molecule has 0 aliphatic heterocycles. The molecule has 1 fully saturated rings. The van der Waals surface area contributed by atoms with Gasteiger partial charge < -0.3 is 5.32 Å². The van der Waals surface area contributed by atoms with Gasteiger partial charge in [-0.05, 0) is 66.3 Å². The van der Waals surface area contributed by atoms with Crippen molar-refractivity contribution in [3.8, 4) is 0 Å². The molecule has 0 bridgehead atoms. The van der Waals surface area contributed by atoms with Gasteiger partial charge in [-0.2, -0.15) is 0 Å². The van der Waals surface area contributed by atoms with E-state index in [4.69, 9.17) is 0 Å². The van der Waals surface area contributed by atoms with Crippen molar-refractivity contribution >= 4 is 22.4 Å². The van der Waals surface area contributed by atoms with Crippen LogP contribution in [0, 0.1) is 13.8 Å². The van der Waals surface area contributed by atoms with Gasteiger partial charge in [0.15, 0.2) is 0 Å². The van der Waals surface area contributed by atoms with E-state index in [2.05, 4.69) is 72.6 Å². The van der Waals surface area contributed by atoms with Gasteiger partial charge in [-0.15, -0.1) is 0 Å². The molecule has 1 amide bonds. The third kappa shape index (κ3) is 4.60. The number of carbonyl (C=O) groups is 1. The van der Waals surface area contributed by atoms with E-state index in [1.165, 1.54) is 40.3 Å². The zero-order valence-electron chi connectivity index (χ0n) is 16.7. The Labute approximate surface area is 167 Å². The highest BCUT2D eigenvalue weighted by molar-refractivity contribution is 5.91. The van der Waals surface area contributed by atoms with Crippen LogP contribution in [-0.4, -0.2) is 23.4 Å². The van der Waals surface area contributed by atoms with Crippen molar-refractivity contribution in [2.45, 2.75) is 45.7 Å². The molecular weight excluding hydrogens is 344 g/mol.